The smallest absolute Gasteiger partial charge is 0.337 e. The molecule has 2 rings (SSSR count). The SMILES string of the molecule is Cc1n[nH]c(C)c1NS(=O)(=O)c1cc(N)ccc1C(=O)O. The highest BCUT2D eigenvalue weighted by molar-refractivity contribution is 7.92. The van der Waals surface area contributed by atoms with Gasteiger partial charge in [0.15, 0.2) is 0 Å². The van der Waals surface area contributed by atoms with E-state index in [1.807, 2.05) is 0 Å². The molecule has 1 aromatic heterocycles. The molecule has 0 amide bonds. The Hall–Kier alpha value is -2.55. The monoisotopic (exact) mass is 310 g/mol. The van der Waals surface area contributed by atoms with Crippen LogP contribution in [0.4, 0.5) is 11.4 Å². The molecule has 9 heteroatoms. The molecule has 0 unspecified atom stereocenters. The number of aryl methyl sites for hydroxylation is 2. The van der Waals surface area contributed by atoms with Crippen LogP contribution < -0.4 is 10.5 Å². The van der Waals surface area contributed by atoms with Crippen molar-refractivity contribution in [2.75, 3.05) is 10.5 Å². The number of H-pyrrole nitrogens is 1. The molecule has 2 aromatic rings. The Morgan fingerprint density at radius 3 is 2.57 bits per heavy atom. The molecule has 0 fully saturated rings. The highest BCUT2D eigenvalue weighted by Crippen LogP contribution is 2.25. The molecule has 1 aromatic carbocycles. The highest BCUT2D eigenvalue weighted by atomic mass is 32.2. The summed E-state index contributed by atoms with van der Waals surface area (Å²) < 4.78 is 27.2. The number of aromatic amines is 1. The van der Waals surface area contributed by atoms with Crippen molar-refractivity contribution in [1.82, 2.24) is 10.2 Å². The zero-order chi connectivity index (χ0) is 15.8. The summed E-state index contributed by atoms with van der Waals surface area (Å²) in [5.41, 5.74) is 6.62. The van der Waals surface area contributed by atoms with Gasteiger partial charge in [0.1, 0.15) is 4.90 Å². The van der Waals surface area contributed by atoms with Gasteiger partial charge in [-0.1, -0.05) is 0 Å². The summed E-state index contributed by atoms with van der Waals surface area (Å²) in [7, 11) is -4.10. The van der Waals surface area contributed by atoms with E-state index in [1.165, 1.54) is 6.07 Å². The van der Waals surface area contributed by atoms with Crippen molar-refractivity contribution in [2.45, 2.75) is 18.7 Å². The Balaban J connectivity index is 2.55. The first kappa shape index (κ1) is 14.9. The third-order valence-corrected chi connectivity index (χ3v) is 4.28. The van der Waals surface area contributed by atoms with Gasteiger partial charge in [-0.2, -0.15) is 5.10 Å². The minimum absolute atomic E-state index is 0.154. The zero-order valence-electron chi connectivity index (χ0n) is 11.3. The summed E-state index contributed by atoms with van der Waals surface area (Å²) in [6.07, 6.45) is 0. The number of hydrogen-bond acceptors (Lipinski definition) is 5. The Labute approximate surface area is 121 Å². The third kappa shape index (κ3) is 2.82. The van der Waals surface area contributed by atoms with E-state index in [4.69, 9.17) is 10.8 Å². The van der Waals surface area contributed by atoms with Crippen LogP contribution >= 0.6 is 0 Å². The Morgan fingerprint density at radius 1 is 1.38 bits per heavy atom. The number of sulfonamides is 1. The lowest BCUT2D eigenvalue weighted by Gasteiger charge is -2.11. The number of anilines is 2. The summed E-state index contributed by atoms with van der Waals surface area (Å²) >= 11 is 0. The zero-order valence-corrected chi connectivity index (χ0v) is 12.2. The maximum absolute atomic E-state index is 12.4. The largest absolute Gasteiger partial charge is 0.478 e. The molecule has 0 saturated heterocycles. The molecule has 0 aliphatic carbocycles. The van der Waals surface area contributed by atoms with Crippen molar-refractivity contribution in [3.05, 3.63) is 35.2 Å². The van der Waals surface area contributed by atoms with Gasteiger partial charge in [0.2, 0.25) is 0 Å². The maximum Gasteiger partial charge on any atom is 0.337 e. The lowest BCUT2D eigenvalue weighted by atomic mass is 10.2. The van der Waals surface area contributed by atoms with Crippen molar-refractivity contribution in [3.8, 4) is 0 Å². The fraction of sp³-hybridized carbons (Fsp3) is 0.167. The Morgan fingerprint density at radius 2 is 2.05 bits per heavy atom. The van der Waals surface area contributed by atoms with Gasteiger partial charge in [-0.15, -0.1) is 0 Å². The van der Waals surface area contributed by atoms with Crippen LogP contribution in [0.25, 0.3) is 0 Å². The van der Waals surface area contributed by atoms with Crippen molar-refractivity contribution < 1.29 is 18.3 Å². The molecule has 0 aliphatic rings. The van der Waals surface area contributed by atoms with Crippen LogP contribution in [0.1, 0.15) is 21.7 Å². The number of nitrogen functional groups attached to an aromatic ring is 1. The summed E-state index contributed by atoms with van der Waals surface area (Å²) in [5, 5.41) is 15.6. The molecule has 1 heterocycles. The van der Waals surface area contributed by atoms with Gasteiger partial charge < -0.3 is 10.8 Å². The van der Waals surface area contributed by atoms with Gasteiger partial charge in [0.25, 0.3) is 10.0 Å². The van der Waals surface area contributed by atoms with Gasteiger partial charge in [0.05, 0.1) is 22.6 Å². The maximum atomic E-state index is 12.4. The molecule has 21 heavy (non-hydrogen) atoms. The third-order valence-electron chi connectivity index (χ3n) is 2.89. The van der Waals surface area contributed by atoms with Crippen LogP contribution in [0.15, 0.2) is 23.1 Å². The van der Waals surface area contributed by atoms with Crippen LogP contribution in [0, 0.1) is 13.8 Å². The van der Waals surface area contributed by atoms with Crippen molar-refractivity contribution >= 4 is 27.4 Å². The minimum Gasteiger partial charge on any atom is -0.478 e. The molecule has 112 valence electrons. The van der Waals surface area contributed by atoms with E-state index in [0.29, 0.717) is 11.4 Å². The van der Waals surface area contributed by atoms with Crippen LogP contribution in [0.3, 0.4) is 0 Å². The summed E-state index contributed by atoms with van der Waals surface area (Å²) in [6, 6.07) is 3.59. The number of nitrogens with two attached hydrogens (primary N) is 1. The Bertz CT molecular complexity index is 791. The average molecular weight is 310 g/mol. The number of carboxylic acid groups (broad SMARTS) is 1. The number of nitrogens with one attached hydrogen (secondary N) is 2. The van der Waals surface area contributed by atoms with Gasteiger partial charge >= 0.3 is 5.97 Å². The first-order valence-electron chi connectivity index (χ1n) is 5.89. The lowest BCUT2D eigenvalue weighted by molar-refractivity contribution is 0.0692. The number of aromatic nitrogens is 2. The predicted molar refractivity (Wildman–Crippen MR) is 76.7 cm³/mol. The van der Waals surface area contributed by atoms with Gasteiger partial charge in [-0.25, -0.2) is 13.2 Å². The molecule has 5 N–H and O–H groups in total. The first-order chi connectivity index (χ1) is 9.72. The van der Waals surface area contributed by atoms with E-state index in [9.17, 15) is 13.2 Å². The average Bonchev–Trinajstić information content (AvgIpc) is 2.70. The van der Waals surface area contributed by atoms with E-state index in [0.717, 1.165) is 12.1 Å². The number of nitrogens with zero attached hydrogens (tertiary/aromatic N) is 1. The quantitative estimate of drug-likeness (QED) is 0.624. The second-order valence-electron chi connectivity index (χ2n) is 4.48. The number of benzene rings is 1. The fourth-order valence-corrected chi connectivity index (χ4v) is 3.24. The van der Waals surface area contributed by atoms with Crippen LogP contribution in [0.2, 0.25) is 0 Å². The Kier molecular flexibility index (Phi) is 3.60. The molecule has 0 bridgehead atoms. The predicted octanol–water partition coefficient (Wildman–Crippen LogP) is 1.11. The number of aromatic carboxylic acids is 1. The van der Waals surface area contributed by atoms with Crippen molar-refractivity contribution in [1.29, 1.82) is 0 Å². The van der Waals surface area contributed by atoms with Gasteiger partial charge in [-0.3, -0.25) is 9.82 Å². The van der Waals surface area contributed by atoms with Crippen molar-refractivity contribution in [2.24, 2.45) is 0 Å². The molecular weight excluding hydrogens is 296 g/mol. The van der Waals surface area contributed by atoms with E-state index in [2.05, 4.69) is 14.9 Å². The number of carboxylic acids is 1. The summed E-state index contributed by atoms with van der Waals surface area (Å²) in [4.78, 5) is 10.8. The van der Waals surface area contributed by atoms with Gasteiger partial charge in [-0.05, 0) is 32.0 Å². The van der Waals surface area contributed by atoms with Gasteiger partial charge in [0, 0.05) is 5.69 Å². The molecule has 0 saturated carbocycles. The fourth-order valence-electron chi connectivity index (χ4n) is 1.83. The van der Waals surface area contributed by atoms with E-state index in [-0.39, 0.29) is 16.9 Å². The number of carbonyl (C=O) groups is 1. The summed E-state index contributed by atoms with van der Waals surface area (Å²) in [6.45, 7) is 3.27. The topological polar surface area (TPSA) is 138 Å². The minimum atomic E-state index is -4.10. The van der Waals surface area contributed by atoms with Crippen LogP contribution in [-0.4, -0.2) is 29.7 Å². The second-order valence-corrected chi connectivity index (χ2v) is 6.13. The standard InChI is InChI=1S/C12H14N4O4S/c1-6-11(7(2)15-14-6)16-21(19,20)10-5-8(13)3-4-9(10)12(17)18/h3-5,16H,13H2,1-2H3,(H,14,15)(H,17,18). The van der Waals surface area contributed by atoms with Crippen LogP contribution in [0.5, 0.6) is 0 Å². The highest BCUT2D eigenvalue weighted by Gasteiger charge is 2.24. The molecule has 0 aliphatic heterocycles. The van der Waals surface area contributed by atoms with E-state index in [1.54, 1.807) is 13.8 Å². The normalized spacial score (nSPS) is 11.3. The lowest BCUT2D eigenvalue weighted by Crippen LogP contribution is -2.18. The molecule has 0 atom stereocenters. The van der Waals surface area contributed by atoms with E-state index >= 15 is 0 Å². The summed E-state index contributed by atoms with van der Waals surface area (Å²) in [5.74, 6) is -1.35. The number of hydrogen-bond donors (Lipinski definition) is 4. The molecule has 0 spiro atoms. The number of rotatable bonds is 4. The van der Waals surface area contributed by atoms with Crippen molar-refractivity contribution in [3.63, 3.8) is 0 Å². The van der Waals surface area contributed by atoms with Crippen LogP contribution in [-0.2, 0) is 10.0 Å². The van der Waals surface area contributed by atoms with E-state index < -0.39 is 20.9 Å². The molecule has 0 radical (unpaired) electrons. The molecule has 8 nitrogen and oxygen atoms in total. The second kappa shape index (κ2) is 5.09. The molecular formula is C12H14N4O4S. The first-order valence-corrected chi connectivity index (χ1v) is 7.38.